The Balaban J connectivity index is 1.69. The molecule has 2 N–H and O–H groups in total. The number of aromatic hydroxyl groups is 1. The van der Waals surface area contributed by atoms with Crippen molar-refractivity contribution in [3.63, 3.8) is 0 Å². The number of aryl methyl sites for hydroxylation is 2. The van der Waals surface area contributed by atoms with Crippen molar-refractivity contribution in [1.29, 1.82) is 0 Å². The second-order valence-electron chi connectivity index (χ2n) is 6.22. The lowest BCUT2D eigenvalue weighted by Crippen LogP contribution is -2.37. The number of hydrogen-bond donors (Lipinski definition) is 2. The number of amides is 2. The lowest BCUT2D eigenvalue weighted by atomic mass is 10.1. The molecular formula is C19H20N2O3. The van der Waals surface area contributed by atoms with Crippen molar-refractivity contribution in [2.75, 3.05) is 11.4 Å². The van der Waals surface area contributed by atoms with E-state index in [0.29, 0.717) is 17.7 Å². The number of rotatable bonds is 3. The Morgan fingerprint density at radius 2 is 2.00 bits per heavy atom. The minimum Gasteiger partial charge on any atom is -0.508 e. The summed E-state index contributed by atoms with van der Waals surface area (Å²) in [5.41, 5.74) is 3.07. The van der Waals surface area contributed by atoms with Gasteiger partial charge in [-0.3, -0.25) is 9.59 Å². The van der Waals surface area contributed by atoms with Gasteiger partial charge in [-0.05, 0) is 55.3 Å². The van der Waals surface area contributed by atoms with Crippen LogP contribution >= 0.6 is 0 Å². The van der Waals surface area contributed by atoms with Gasteiger partial charge in [-0.25, -0.2) is 0 Å². The number of phenols is 1. The molecule has 0 saturated carbocycles. The molecule has 2 aromatic carbocycles. The summed E-state index contributed by atoms with van der Waals surface area (Å²) in [5, 5.41) is 12.4. The molecule has 5 heteroatoms. The van der Waals surface area contributed by atoms with E-state index in [4.69, 9.17) is 0 Å². The zero-order valence-corrected chi connectivity index (χ0v) is 13.7. The van der Waals surface area contributed by atoms with E-state index in [1.165, 1.54) is 6.07 Å². The number of nitrogens with zero attached hydrogens (tertiary/aromatic N) is 1. The predicted octanol–water partition coefficient (Wildman–Crippen LogP) is 2.54. The molecule has 3 rings (SSSR count). The van der Waals surface area contributed by atoms with Crippen LogP contribution in [0.15, 0.2) is 42.5 Å². The maximum atomic E-state index is 12.3. The highest BCUT2D eigenvalue weighted by atomic mass is 16.3. The van der Waals surface area contributed by atoms with Crippen LogP contribution < -0.4 is 10.2 Å². The van der Waals surface area contributed by atoms with Crippen molar-refractivity contribution in [2.24, 2.45) is 0 Å². The number of carbonyl (C=O) groups excluding carboxylic acids is 2. The van der Waals surface area contributed by atoms with Gasteiger partial charge in [0.2, 0.25) is 5.91 Å². The molecule has 24 heavy (non-hydrogen) atoms. The van der Waals surface area contributed by atoms with Crippen molar-refractivity contribution >= 4 is 17.5 Å². The minimum absolute atomic E-state index is 0.00721. The molecule has 1 fully saturated rings. The Bertz CT molecular complexity index is 801. The van der Waals surface area contributed by atoms with Crippen molar-refractivity contribution in [1.82, 2.24) is 5.32 Å². The molecule has 1 atom stereocenters. The molecule has 0 aliphatic carbocycles. The Labute approximate surface area is 140 Å². The van der Waals surface area contributed by atoms with E-state index in [0.717, 1.165) is 11.3 Å². The van der Waals surface area contributed by atoms with E-state index in [1.54, 1.807) is 24.0 Å². The van der Waals surface area contributed by atoms with Crippen molar-refractivity contribution < 1.29 is 14.7 Å². The molecule has 1 unspecified atom stereocenters. The first kappa shape index (κ1) is 16.1. The van der Waals surface area contributed by atoms with Crippen LogP contribution in [0.5, 0.6) is 5.75 Å². The van der Waals surface area contributed by atoms with Crippen LogP contribution in [-0.2, 0) is 4.79 Å². The second kappa shape index (κ2) is 6.35. The number of carbonyl (C=O) groups is 2. The van der Waals surface area contributed by atoms with Crippen LogP contribution in [0.3, 0.4) is 0 Å². The topological polar surface area (TPSA) is 69.6 Å². The molecule has 5 nitrogen and oxygen atoms in total. The third-order valence-electron chi connectivity index (χ3n) is 4.23. The number of anilines is 1. The number of phenolic OH excluding ortho intramolecular Hbond substituents is 1. The van der Waals surface area contributed by atoms with Gasteiger partial charge in [-0.2, -0.15) is 0 Å². The molecule has 1 heterocycles. The quantitative estimate of drug-likeness (QED) is 0.911. The lowest BCUT2D eigenvalue weighted by molar-refractivity contribution is -0.117. The SMILES string of the molecule is Cc1cccc(N2CC(NC(=O)c3ccc(O)c(C)c3)CC2=O)c1. The fraction of sp³-hybridized carbons (Fsp3) is 0.263. The Morgan fingerprint density at radius 1 is 1.21 bits per heavy atom. The van der Waals surface area contributed by atoms with E-state index in [9.17, 15) is 14.7 Å². The first-order chi connectivity index (χ1) is 11.4. The molecule has 1 aliphatic rings. The largest absolute Gasteiger partial charge is 0.508 e. The molecule has 124 valence electrons. The molecule has 1 saturated heterocycles. The van der Waals surface area contributed by atoms with Gasteiger partial charge >= 0.3 is 0 Å². The van der Waals surface area contributed by atoms with Gasteiger partial charge in [0, 0.05) is 24.2 Å². The highest BCUT2D eigenvalue weighted by Crippen LogP contribution is 2.23. The van der Waals surface area contributed by atoms with Gasteiger partial charge in [-0.1, -0.05) is 12.1 Å². The molecule has 0 bridgehead atoms. The van der Waals surface area contributed by atoms with Crippen LogP contribution in [0.4, 0.5) is 5.69 Å². The predicted molar refractivity (Wildman–Crippen MR) is 92.2 cm³/mol. The molecular weight excluding hydrogens is 304 g/mol. The van der Waals surface area contributed by atoms with Gasteiger partial charge in [-0.15, -0.1) is 0 Å². The Hall–Kier alpha value is -2.82. The molecule has 2 amide bonds. The van der Waals surface area contributed by atoms with Gasteiger partial charge in [0.05, 0.1) is 6.04 Å². The van der Waals surface area contributed by atoms with Crippen LogP contribution in [0, 0.1) is 13.8 Å². The summed E-state index contributed by atoms with van der Waals surface area (Å²) in [7, 11) is 0. The summed E-state index contributed by atoms with van der Waals surface area (Å²) in [5.74, 6) is -0.0667. The molecule has 1 aliphatic heterocycles. The summed E-state index contributed by atoms with van der Waals surface area (Å²) in [6.45, 7) is 4.19. The van der Waals surface area contributed by atoms with Gasteiger partial charge in [0.25, 0.3) is 5.91 Å². The Morgan fingerprint density at radius 3 is 2.71 bits per heavy atom. The van der Waals surface area contributed by atoms with Crippen molar-refractivity contribution in [3.05, 3.63) is 59.2 Å². The number of benzene rings is 2. The number of hydrogen-bond acceptors (Lipinski definition) is 3. The zero-order chi connectivity index (χ0) is 17.3. The number of nitrogens with one attached hydrogen (secondary N) is 1. The van der Waals surface area contributed by atoms with Crippen LogP contribution in [0.2, 0.25) is 0 Å². The van der Waals surface area contributed by atoms with E-state index in [2.05, 4.69) is 5.32 Å². The molecule has 2 aromatic rings. The van der Waals surface area contributed by atoms with Crippen molar-refractivity contribution in [3.8, 4) is 5.75 Å². The summed E-state index contributed by atoms with van der Waals surface area (Å²) in [4.78, 5) is 26.3. The van der Waals surface area contributed by atoms with Gasteiger partial charge in [0.15, 0.2) is 0 Å². The van der Waals surface area contributed by atoms with Crippen LogP contribution in [-0.4, -0.2) is 29.5 Å². The smallest absolute Gasteiger partial charge is 0.251 e. The summed E-state index contributed by atoms with van der Waals surface area (Å²) in [6, 6.07) is 12.3. The molecule has 0 aromatic heterocycles. The summed E-state index contributed by atoms with van der Waals surface area (Å²) >= 11 is 0. The average Bonchev–Trinajstić information content (AvgIpc) is 2.90. The highest BCUT2D eigenvalue weighted by Gasteiger charge is 2.31. The van der Waals surface area contributed by atoms with Gasteiger partial charge < -0.3 is 15.3 Å². The van der Waals surface area contributed by atoms with E-state index in [-0.39, 0.29) is 30.0 Å². The second-order valence-corrected chi connectivity index (χ2v) is 6.22. The maximum Gasteiger partial charge on any atom is 0.251 e. The van der Waals surface area contributed by atoms with E-state index in [1.807, 2.05) is 31.2 Å². The highest BCUT2D eigenvalue weighted by molar-refractivity contribution is 5.99. The van der Waals surface area contributed by atoms with Gasteiger partial charge in [0.1, 0.15) is 5.75 Å². The standard InChI is InChI=1S/C19H20N2O3/c1-12-4-3-5-16(8-12)21-11-15(10-18(21)23)20-19(24)14-6-7-17(22)13(2)9-14/h3-9,15,22H,10-11H2,1-2H3,(H,20,24). The molecule has 0 spiro atoms. The summed E-state index contributed by atoms with van der Waals surface area (Å²) < 4.78 is 0. The maximum absolute atomic E-state index is 12.3. The molecule has 0 radical (unpaired) electrons. The third kappa shape index (κ3) is 3.25. The van der Waals surface area contributed by atoms with Crippen LogP contribution in [0.1, 0.15) is 27.9 Å². The normalized spacial score (nSPS) is 17.2. The van der Waals surface area contributed by atoms with Crippen molar-refractivity contribution in [2.45, 2.75) is 26.3 Å². The zero-order valence-electron chi connectivity index (χ0n) is 13.7. The van der Waals surface area contributed by atoms with E-state index >= 15 is 0 Å². The average molecular weight is 324 g/mol. The monoisotopic (exact) mass is 324 g/mol. The minimum atomic E-state index is -0.234. The van der Waals surface area contributed by atoms with Crippen LogP contribution in [0.25, 0.3) is 0 Å². The lowest BCUT2D eigenvalue weighted by Gasteiger charge is -2.18. The Kier molecular flexibility index (Phi) is 4.25. The first-order valence-electron chi connectivity index (χ1n) is 7.91. The van der Waals surface area contributed by atoms with E-state index < -0.39 is 0 Å². The third-order valence-corrected chi connectivity index (χ3v) is 4.23. The fourth-order valence-corrected chi connectivity index (χ4v) is 2.92. The summed E-state index contributed by atoms with van der Waals surface area (Å²) in [6.07, 6.45) is 0.288. The fourth-order valence-electron chi connectivity index (χ4n) is 2.92. The first-order valence-corrected chi connectivity index (χ1v) is 7.91.